The molecule has 1 heterocycles. The predicted molar refractivity (Wildman–Crippen MR) is 138 cm³/mol. The molecule has 4 aromatic carbocycles. The summed E-state index contributed by atoms with van der Waals surface area (Å²) in [5.74, 6) is -1.09. The SMILES string of the molecule is CCCN(C(=O)c1cc2ccccc2n1C(C)=O)S(=O)(=O)c1cc2ccccc2c2ccccc12. The van der Waals surface area contributed by atoms with Crippen LogP contribution in [0.15, 0.2) is 89.8 Å². The van der Waals surface area contributed by atoms with Crippen molar-refractivity contribution in [1.29, 1.82) is 0 Å². The lowest BCUT2D eigenvalue weighted by atomic mass is 10.0. The van der Waals surface area contributed by atoms with Crippen molar-refractivity contribution in [1.82, 2.24) is 8.87 Å². The van der Waals surface area contributed by atoms with Crippen molar-refractivity contribution < 1.29 is 18.0 Å². The molecule has 0 aliphatic rings. The van der Waals surface area contributed by atoms with Gasteiger partial charge in [-0.25, -0.2) is 12.7 Å². The number of carbonyl (C=O) groups is 2. The van der Waals surface area contributed by atoms with Crippen LogP contribution >= 0.6 is 0 Å². The highest BCUT2D eigenvalue weighted by atomic mass is 32.2. The molecule has 0 aliphatic heterocycles. The molecule has 0 unspecified atom stereocenters. The summed E-state index contributed by atoms with van der Waals surface area (Å²) < 4.78 is 30.4. The van der Waals surface area contributed by atoms with E-state index in [1.54, 1.807) is 42.5 Å². The van der Waals surface area contributed by atoms with E-state index < -0.39 is 15.9 Å². The van der Waals surface area contributed by atoms with E-state index >= 15 is 0 Å². The lowest BCUT2D eigenvalue weighted by Crippen LogP contribution is -2.39. The molecule has 0 atom stereocenters. The third kappa shape index (κ3) is 3.68. The minimum atomic E-state index is -4.25. The van der Waals surface area contributed by atoms with Gasteiger partial charge in [0.15, 0.2) is 0 Å². The topological polar surface area (TPSA) is 76.5 Å². The first-order valence-electron chi connectivity index (χ1n) is 11.4. The van der Waals surface area contributed by atoms with E-state index in [1.807, 2.05) is 49.4 Å². The Balaban J connectivity index is 1.74. The summed E-state index contributed by atoms with van der Waals surface area (Å²) in [6.07, 6.45) is 0.427. The van der Waals surface area contributed by atoms with Crippen molar-refractivity contribution in [3.8, 4) is 0 Å². The quantitative estimate of drug-likeness (QED) is 0.293. The number of nitrogens with zero attached hydrogens (tertiary/aromatic N) is 2. The fraction of sp³-hybridized carbons (Fsp3) is 0.143. The standard InChI is InChI=1S/C28H24N2O4S/c1-3-16-29(28(32)26-17-21-11-5-9-15-25(21)30(26)19(2)31)35(33,34)27-18-20-10-4-6-12-22(20)23-13-7-8-14-24(23)27/h4-15,17-18H,3,16H2,1-2H3. The van der Waals surface area contributed by atoms with Gasteiger partial charge in [0.1, 0.15) is 5.69 Å². The molecule has 6 nitrogen and oxygen atoms in total. The fourth-order valence-electron chi connectivity index (χ4n) is 4.67. The highest BCUT2D eigenvalue weighted by molar-refractivity contribution is 7.90. The third-order valence-corrected chi connectivity index (χ3v) is 8.02. The van der Waals surface area contributed by atoms with Crippen LogP contribution in [0.1, 0.15) is 35.6 Å². The van der Waals surface area contributed by atoms with E-state index in [0.29, 0.717) is 22.7 Å². The van der Waals surface area contributed by atoms with Crippen molar-refractivity contribution in [2.24, 2.45) is 0 Å². The molecule has 176 valence electrons. The molecule has 0 aliphatic carbocycles. The summed E-state index contributed by atoms with van der Waals surface area (Å²) in [4.78, 5) is 26.4. The zero-order chi connectivity index (χ0) is 24.7. The van der Waals surface area contributed by atoms with E-state index in [4.69, 9.17) is 0 Å². The van der Waals surface area contributed by atoms with E-state index in [0.717, 1.165) is 20.5 Å². The molecular formula is C28H24N2O4S. The van der Waals surface area contributed by atoms with Crippen LogP contribution in [0.3, 0.4) is 0 Å². The van der Waals surface area contributed by atoms with Gasteiger partial charge in [-0.05, 0) is 40.8 Å². The van der Waals surface area contributed by atoms with Gasteiger partial charge in [0.25, 0.3) is 15.9 Å². The van der Waals surface area contributed by atoms with E-state index in [-0.39, 0.29) is 23.0 Å². The van der Waals surface area contributed by atoms with Gasteiger partial charge in [-0.3, -0.25) is 14.2 Å². The second-order valence-corrected chi connectivity index (χ2v) is 10.3. The van der Waals surface area contributed by atoms with Crippen LogP contribution in [0.2, 0.25) is 0 Å². The Morgan fingerprint density at radius 1 is 0.800 bits per heavy atom. The maximum atomic E-state index is 14.1. The van der Waals surface area contributed by atoms with Gasteiger partial charge in [0, 0.05) is 24.2 Å². The zero-order valence-corrected chi connectivity index (χ0v) is 20.2. The van der Waals surface area contributed by atoms with Crippen LogP contribution in [-0.4, -0.2) is 35.6 Å². The van der Waals surface area contributed by atoms with Gasteiger partial charge in [0.05, 0.1) is 10.4 Å². The fourth-order valence-corrected chi connectivity index (χ4v) is 6.37. The average molecular weight is 485 g/mol. The normalized spacial score (nSPS) is 11.8. The van der Waals surface area contributed by atoms with Crippen LogP contribution < -0.4 is 0 Å². The first-order chi connectivity index (χ1) is 16.8. The number of fused-ring (bicyclic) bond motifs is 4. The number of rotatable bonds is 5. The molecule has 5 aromatic rings. The van der Waals surface area contributed by atoms with Crippen molar-refractivity contribution in [3.05, 3.63) is 90.6 Å². The number of benzene rings is 4. The summed E-state index contributed by atoms with van der Waals surface area (Å²) >= 11 is 0. The molecule has 0 radical (unpaired) electrons. The maximum absolute atomic E-state index is 14.1. The van der Waals surface area contributed by atoms with Crippen molar-refractivity contribution in [3.63, 3.8) is 0 Å². The molecule has 0 spiro atoms. The predicted octanol–water partition coefficient (Wildman–Crippen LogP) is 5.85. The molecule has 0 saturated carbocycles. The number of aromatic nitrogens is 1. The average Bonchev–Trinajstić information content (AvgIpc) is 3.26. The van der Waals surface area contributed by atoms with Gasteiger partial charge < -0.3 is 0 Å². The highest BCUT2D eigenvalue weighted by Gasteiger charge is 2.33. The van der Waals surface area contributed by atoms with Crippen LogP contribution in [-0.2, 0) is 10.0 Å². The molecule has 1 amide bonds. The summed E-state index contributed by atoms with van der Waals surface area (Å²) in [5, 5.41) is 3.74. The van der Waals surface area contributed by atoms with Crippen molar-refractivity contribution >= 4 is 54.3 Å². The molecule has 5 rings (SSSR count). The number of carbonyl (C=O) groups excluding carboxylic acids is 2. The number of hydrogen-bond donors (Lipinski definition) is 0. The van der Waals surface area contributed by atoms with Gasteiger partial charge in [-0.2, -0.15) is 0 Å². The van der Waals surface area contributed by atoms with Gasteiger partial charge >= 0.3 is 0 Å². The third-order valence-electron chi connectivity index (χ3n) is 6.20. The first-order valence-corrected chi connectivity index (χ1v) is 12.9. The molecular weight excluding hydrogens is 460 g/mol. The second kappa shape index (κ2) is 8.67. The molecule has 0 N–H and O–H groups in total. The van der Waals surface area contributed by atoms with Crippen molar-refractivity contribution in [2.45, 2.75) is 25.2 Å². The second-order valence-electron chi connectivity index (χ2n) is 8.47. The lowest BCUT2D eigenvalue weighted by molar-refractivity contribution is 0.0828. The molecule has 0 saturated heterocycles. The molecule has 35 heavy (non-hydrogen) atoms. The van der Waals surface area contributed by atoms with E-state index in [9.17, 15) is 18.0 Å². The minimum Gasteiger partial charge on any atom is -0.275 e. The Morgan fingerprint density at radius 2 is 1.40 bits per heavy atom. The maximum Gasteiger partial charge on any atom is 0.284 e. The summed E-state index contributed by atoms with van der Waals surface area (Å²) in [7, 11) is -4.25. The largest absolute Gasteiger partial charge is 0.284 e. The lowest BCUT2D eigenvalue weighted by Gasteiger charge is -2.23. The molecule has 7 heteroatoms. The number of amides is 1. The van der Waals surface area contributed by atoms with Crippen LogP contribution in [0.4, 0.5) is 0 Å². The highest BCUT2D eigenvalue weighted by Crippen LogP contribution is 2.34. The molecule has 0 fully saturated rings. The van der Waals surface area contributed by atoms with E-state index in [2.05, 4.69) is 0 Å². The Bertz CT molecular complexity index is 1730. The zero-order valence-electron chi connectivity index (χ0n) is 19.4. The number of hydrogen-bond acceptors (Lipinski definition) is 4. The van der Waals surface area contributed by atoms with Crippen molar-refractivity contribution in [2.75, 3.05) is 6.54 Å². The van der Waals surface area contributed by atoms with E-state index in [1.165, 1.54) is 11.5 Å². The Morgan fingerprint density at radius 3 is 2.09 bits per heavy atom. The first kappa shape index (κ1) is 22.8. The Labute approximate surface area is 203 Å². The number of sulfonamides is 1. The Hall–Kier alpha value is -3.97. The monoisotopic (exact) mass is 484 g/mol. The Kier molecular flexibility index (Phi) is 5.65. The summed E-state index contributed by atoms with van der Waals surface area (Å²) in [5.41, 5.74) is 0.592. The van der Waals surface area contributed by atoms with Crippen LogP contribution in [0.5, 0.6) is 0 Å². The van der Waals surface area contributed by atoms with Gasteiger partial charge in [0.2, 0.25) is 5.91 Å². The van der Waals surface area contributed by atoms with Crippen LogP contribution in [0, 0.1) is 0 Å². The van der Waals surface area contributed by atoms with Gasteiger partial charge in [-0.15, -0.1) is 0 Å². The number of para-hydroxylation sites is 1. The molecule has 1 aromatic heterocycles. The summed E-state index contributed by atoms with van der Waals surface area (Å²) in [6, 6.07) is 25.2. The smallest absolute Gasteiger partial charge is 0.275 e. The minimum absolute atomic E-state index is 0.0122. The van der Waals surface area contributed by atoms with Crippen LogP contribution in [0.25, 0.3) is 32.4 Å². The summed E-state index contributed by atoms with van der Waals surface area (Å²) in [6.45, 7) is 3.16. The van der Waals surface area contributed by atoms with Gasteiger partial charge in [-0.1, -0.05) is 73.7 Å². The molecule has 0 bridgehead atoms.